The maximum Gasteiger partial charge on any atom is 0.414 e. The number of rotatable bonds is 4. The Bertz CT molecular complexity index is 362. The van der Waals surface area contributed by atoms with Crippen molar-refractivity contribution in [2.45, 2.75) is 64.2 Å². The number of hydrogen-bond acceptors (Lipinski definition) is 3. The second kappa shape index (κ2) is 5.62. The van der Waals surface area contributed by atoms with E-state index in [1.54, 1.807) is 0 Å². The van der Waals surface area contributed by atoms with E-state index in [-0.39, 0.29) is 17.0 Å². The minimum atomic E-state index is -1.79. The van der Waals surface area contributed by atoms with Crippen molar-refractivity contribution >= 4 is 20.3 Å². The van der Waals surface area contributed by atoms with Gasteiger partial charge >= 0.3 is 6.09 Å². The molecular weight excluding hydrogens is 262 g/mol. The number of likely N-dealkylation sites (tertiary alicyclic amines) is 1. The highest BCUT2D eigenvalue weighted by Gasteiger charge is 2.39. The van der Waals surface area contributed by atoms with Crippen molar-refractivity contribution < 1.29 is 19.1 Å². The second-order valence-corrected chi connectivity index (χ2v) is 11.4. The molecule has 1 N–H and O–H groups in total. The van der Waals surface area contributed by atoms with Crippen LogP contribution in [0.2, 0.25) is 18.1 Å². The monoisotopic (exact) mass is 287 g/mol. The number of amides is 2. The van der Waals surface area contributed by atoms with Gasteiger partial charge in [0.1, 0.15) is 0 Å². The molecule has 1 fully saturated rings. The van der Waals surface area contributed by atoms with Crippen molar-refractivity contribution in [3.8, 4) is 0 Å². The molecule has 0 aromatic rings. The van der Waals surface area contributed by atoms with Crippen molar-refractivity contribution in [1.82, 2.24) is 4.90 Å². The molecule has 1 atom stereocenters. The summed E-state index contributed by atoms with van der Waals surface area (Å²) in [6.45, 7) is 11.4. The predicted octanol–water partition coefficient (Wildman–Crippen LogP) is 3.07. The van der Waals surface area contributed by atoms with Gasteiger partial charge in [-0.25, -0.2) is 9.69 Å². The minimum absolute atomic E-state index is 0.144. The number of carboxylic acid groups (broad SMARTS) is 1. The van der Waals surface area contributed by atoms with Gasteiger partial charge in [-0.05, 0) is 31.0 Å². The fourth-order valence-electron chi connectivity index (χ4n) is 1.95. The van der Waals surface area contributed by atoms with E-state index in [2.05, 4.69) is 33.9 Å². The lowest BCUT2D eigenvalue weighted by atomic mass is 10.1. The molecule has 0 spiro atoms. The van der Waals surface area contributed by atoms with Crippen LogP contribution >= 0.6 is 0 Å². The van der Waals surface area contributed by atoms with E-state index < -0.39 is 14.4 Å². The molecule has 0 aliphatic carbocycles. The zero-order valence-electron chi connectivity index (χ0n) is 12.5. The first-order valence-electron chi connectivity index (χ1n) is 6.75. The SMILES string of the molecule is CC(C)(C)[Si](C)(C)OCCC1CCC(=O)N1C(=O)O. The van der Waals surface area contributed by atoms with Gasteiger partial charge in [-0.3, -0.25) is 4.79 Å². The van der Waals surface area contributed by atoms with Gasteiger partial charge in [-0.15, -0.1) is 0 Å². The van der Waals surface area contributed by atoms with Crippen LogP contribution in [-0.2, 0) is 9.22 Å². The quantitative estimate of drug-likeness (QED) is 0.807. The third-order valence-corrected chi connectivity index (χ3v) is 8.79. The molecule has 6 heteroatoms. The van der Waals surface area contributed by atoms with E-state index in [0.29, 0.717) is 25.9 Å². The Morgan fingerprint density at radius 1 is 1.47 bits per heavy atom. The number of carbonyl (C=O) groups excluding carboxylic acids is 1. The molecule has 110 valence electrons. The van der Waals surface area contributed by atoms with Gasteiger partial charge in [0.05, 0.1) is 0 Å². The Labute approximate surface area is 116 Å². The molecule has 0 saturated carbocycles. The highest BCUT2D eigenvalue weighted by molar-refractivity contribution is 6.74. The van der Waals surface area contributed by atoms with Crippen molar-refractivity contribution in [1.29, 1.82) is 0 Å². The highest BCUT2D eigenvalue weighted by atomic mass is 28.4. The maximum absolute atomic E-state index is 11.5. The second-order valence-electron chi connectivity index (χ2n) is 6.64. The minimum Gasteiger partial charge on any atom is -0.465 e. The summed E-state index contributed by atoms with van der Waals surface area (Å²) in [5, 5.41) is 9.16. The van der Waals surface area contributed by atoms with Crippen LogP contribution < -0.4 is 0 Å². The lowest BCUT2D eigenvalue weighted by Crippen LogP contribution is -2.43. The smallest absolute Gasteiger partial charge is 0.414 e. The van der Waals surface area contributed by atoms with Crippen LogP contribution in [0, 0.1) is 0 Å². The summed E-state index contributed by atoms with van der Waals surface area (Å²) in [4.78, 5) is 23.4. The van der Waals surface area contributed by atoms with Crippen LogP contribution in [0.3, 0.4) is 0 Å². The molecule has 1 saturated heterocycles. The Balaban J connectivity index is 2.50. The van der Waals surface area contributed by atoms with Crippen molar-refractivity contribution in [2.24, 2.45) is 0 Å². The Kier molecular flexibility index (Phi) is 4.79. The fourth-order valence-corrected chi connectivity index (χ4v) is 3.01. The van der Waals surface area contributed by atoms with E-state index >= 15 is 0 Å². The van der Waals surface area contributed by atoms with Gasteiger partial charge in [-0.1, -0.05) is 20.8 Å². The first-order chi connectivity index (χ1) is 8.56. The summed E-state index contributed by atoms with van der Waals surface area (Å²) >= 11 is 0. The molecule has 19 heavy (non-hydrogen) atoms. The molecule has 0 aromatic carbocycles. The van der Waals surface area contributed by atoms with Crippen LogP contribution in [0.5, 0.6) is 0 Å². The van der Waals surface area contributed by atoms with Crippen molar-refractivity contribution in [3.63, 3.8) is 0 Å². The van der Waals surface area contributed by atoms with Crippen LogP contribution in [0.1, 0.15) is 40.0 Å². The Morgan fingerprint density at radius 3 is 2.53 bits per heavy atom. The zero-order chi connectivity index (χ0) is 14.8. The molecule has 5 nitrogen and oxygen atoms in total. The number of hydrogen-bond donors (Lipinski definition) is 1. The van der Waals surface area contributed by atoms with Gasteiger partial charge in [0.15, 0.2) is 8.32 Å². The first-order valence-corrected chi connectivity index (χ1v) is 9.66. The molecule has 1 aliphatic rings. The summed E-state index contributed by atoms with van der Waals surface area (Å²) in [5.74, 6) is -0.287. The number of carbonyl (C=O) groups is 2. The number of imide groups is 1. The van der Waals surface area contributed by atoms with Crippen LogP contribution in [0.4, 0.5) is 4.79 Å². The number of nitrogens with zero attached hydrogens (tertiary/aromatic N) is 1. The van der Waals surface area contributed by atoms with E-state index in [1.165, 1.54) is 0 Å². The summed E-state index contributed by atoms with van der Waals surface area (Å²) in [5.41, 5.74) is 0. The normalized spacial score (nSPS) is 21.0. The third kappa shape index (κ3) is 3.79. The highest BCUT2D eigenvalue weighted by Crippen LogP contribution is 2.36. The Morgan fingerprint density at radius 2 is 2.05 bits per heavy atom. The van der Waals surface area contributed by atoms with Gasteiger partial charge in [-0.2, -0.15) is 0 Å². The van der Waals surface area contributed by atoms with Crippen molar-refractivity contribution in [2.75, 3.05) is 6.61 Å². The predicted molar refractivity (Wildman–Crippen MR) is 75.7 cm³/mol. The average molecular weight is 287 g/mol. The summed E-state index contributed by atoms with van der Waals surface area (Å²) in [6, 6.07) is -0.213. The largest absolute Gasteiger partial charge is 0.465 e. The molecule has 1 aliphatic heterocycles. The average Bonchev–Trinajstić information content (AvgIpc) is 2.57. The third-order valence-electron chi connectivity index (χ3n) is 4.25. The standard InChI is InChI=1S/C13H25NO4Si/c1-13(2,3)19(4,5)18-9-8-10-6-7-11(15)14(10)12(16)17/h10H,6-9H2,1-5H3,(H,16,17). The van der Waals surface area contributed by atoms with Gasteiger partial charge in [0.2, 0.25) is 5.91 Å². The van der Waals surface area contributed by atoms with Gasteiger partial charge in [0.25, 0.3) is 0 Å². The molecule has 1 rings (SSSR count). The molecule has 0 bridgehead atoms. The molecule has 1 heterocycles. The molecule has 2 amide bonds. The fraction of sp³-hybridized carbons (Fsp3) is 0.846. The Hall–Kier alpha value is -0.883. The van der Waals surface area contributed by atoms with Gasteiger partial charge < -0.3 is 9.53 Å². The molecule has 0 aromatic heterocycles. The van der Waals surface area contributed by atoms with E-state index in [1.807, 2.05) is 0 Å². The van der Waals surface area contributed by atoms with E-state index in [9.17, 15) is 9.59 Å². The van der Waals surface area contributed by atoms with Crippen LogP contribution in [0.25, 0.3) is 0 Å². The molecular formula is C13H25NO4Si. The van der Waals surface area contributed by atoms with E-state index in [0.717, 1.165) is 4.90 Å². The van der Waals surface area contributed by atoms with E-state index in [4.69, 9.17) is 9.53 Å². The lowest BCUT2D eigenvalue weighted by molar-refractivity contribution is -0.127. The topological polar surface area (TPSA) is 66.8 Å². The summed E-state index contributed by atoms with van der Waals surface area (Å²) in [6.07, 6.45) is 0.410. The van der Waals surface area contributed by atoms with Crippen LogP contribution in [0.15, 0.2) is 0 Å². The zero-order valence-corrected chi connectivity index (χ0v) is 13.5. The summed E-state index contributed by atoms with van der Waals surface area (Å²) in [7, 11) is -1.79. The van der Waals surface area contributed by atoms with Gasteiger partial charge in [0, 0.05) is 19.1 Å². The van der Waals surface area contributed by atoms with Crippen molar-refractivity contribution in [3.05, 3.63) is 0 Å². The maximum atomic E-state index is 11.5. The first kappa shape index (κ1) is 16.2. The summed E-state index contributed by atoms with van der Waals surface area (Å²) < 4.78 is 6.03. The lowest BCUT2D eigenvalue weighted by Gasteiger charge is -2.36. The van der Waals surface area contributed by atoms with Crippen LogP contribution in [-0.4, -0.2) is 43.0 Å². The molecule has 0 radical (unpaired) electrons. The molecule has 1 unspecified atom stereocenters.